The summed E-state index contributed by atoms with van der Waals surface area (Å²) in [6.45, 7) is 2.54. The van der Waals surface area contributed by atoms with E-state index in [2.05, 4.69) is 51.7 Å². The van der Waals surface area contributed by atoms with E-state index in [-0.39, 0.29) is 6.10 Å². The molecule has 0 aliphatic carbocycles. The molecule has 1 aromatic carbocycles. The number of aromatic nitrogens is 1. The molecule has 1 fully saturated rings. The fraction of sp³-hybridized carbons (Fsp3) is 0.235. The van der Waals surface area contributed by atoms with E-state index >= 15 is 0 Å². The molecular weight excluding hydrogens is 312 g/mol. The quantitative estimate of drug-likeness (QED) is 0.710. The minimum Gasteiger partial charge on any atom is -0.369 e. The first kappa shape index (κ1) is 13.9. The minimum absolute atomic E-state index is 0.165. The monoisotopic (exact) mass is 328 g/mol. The predicted octanol–water partition coefficient (Wildman–Crippen LogP) is 4.45. The minimum atomic E-state index is 0.165. The third-order valence-corrected chi connectivity index (χ3v) is 5.82. The molecular formula is C17H16N2OS2. The van der Waals surface area contributed by atoms with Gasteiger partial charge in [-0.1, -0.05) is 47.7 Å². The normalized spacial score (nSPS) is 18.5. The van der Waals surface area contributed by atoms with Gasteiger partial charge in [0.1, 0.15) is 6.10 Å². The average molecular weight is 328 g/mol. The molecule has 0 N–H and O–H groups in total. The molecule has 0 saturated carbocycles. The van der Waals surface area contributed by atoms with Gasteiger partial charge in [-0.2, -0.15) is 0 Å². The third-order valence-electron chi connectivity index (χ3n) is 3.75. The average Bonchev–Trinajstić information content (AvgIpc) is 3.28. The number of rotatable bonds is 3. The Morgan fingerprint density at radius 3 is 2.86 bits per heavy atom. The lowest BCUT2D eigenvalue weighted by atomic mass is 10.2. The molecule has 22 heavy (non-hydrogen) atoms. The van der Waals surface area contributed by atoms with E-state index in [1.54, 1.807) is 22.7 Å². The Labute approximate surface area is 137 Å². The van der Waals surface area contributed by atoms with Gasteiger partial charge < -0.3 is 9.64 Å². The van der Waals surface area contributed by atoms with Gasteiger partial charge in [-0.15, -0.1) is 11.3 Å². The summed E-state index contributed by atoms with van der Waals surface area (Å²) in [6, 6.07) is 14.7. The zero-order valence-corrected chi connectivity index (χ0v) is 13.6. The number of thiophene rings is 1. The highest BCUT2D eigenvalue weighted by Crippen LogP contribution is 2.34. The van der Waals surface area contributed by atoms with Crippen LogP contribution in [0.25, 0.3) is 10.4 Å². The SMILES string of the molecule is c1ccc(-c2cnc(N3CCOC(c4cccs4)C3)s2)cc1. The largest absolute Gasteiger partial charge is 0.369 e. The van der Waals surface area contributed by atoms with Crippen LogP contribution in [0.2, 0.25) is 0 Å². The summed E-state index contributed by atoms with van der Waals surface area (Å²) in [5.74, 6) is 0. The van der Waals surface area contributed by atoms with Gasteiger partial charge in [0.15, 0.2) is 5.13 Å². The van der Waals surface area contributed by atoms with Crippen LogP contribution < -0.4 is 4.90 Å². The summed E-state index contributed by atoms with van der Waals surface area (Å²) in [5, 5.41) is 3.19. The van der Waals surface area contributed by atoms with Gasteiger partial charge >= 0.3 is 0 Å². The van der Waals surface area contributed by atoms with Crippen LogP contribution in [0.5, 0.6) is 0 Å². The van der Waals surface area contributed by atoms with Crippen LogP contribution in [-0.2, 0) is 4.74 Å². The highest BCUT2D eigenvalue weighted by atomic mass is 32.1. The summed E-state index contributed by atoms with van der Waals surface area (Å²) in [4.78, 5) is 9.48. The van der Waals surface area contributed by atoms with Crippen molar-refractivity contribution in [3.63, 3.8) is 0 Å². The molecule has 3 heterocycles. The molecule has 112 valence electrons. The van der Waals surface area contributed by atoms with E-state index in [1.807, 2.05) is 12.3 Å². The van der Waals surface area contributed by atoms with Crippen molar-refractivity contribution in [2.24, 2.45) is 0 Å². The Bertz CT molecular complexity index is 724. The van der Waals surface area contributed by atoms with E-state index < -0.39 is 0 Å². The van der Waals surface area contributed by atoms with Crippen molar-refractivity contribution in [3.05, 3.63) is 58.9 Å². The van der Waals surface area contributed by atoms with Crippen molar-refractivity contribution >= 4 is 27.8 Å². The van der Waals surface area contributed by atoms with Crippen molar-refractivity contribution in [2.75, 3.05) is 24.6 Å². The molecule has 1 atom stereocenters. The van der Waals surface area contributed by atoms with Crippen LogP contribution in [0.15, 0.2) is 54.0 Å². The van der Waals surface area contributed by atoms with Crippen LogP contribution in [0, 0.1) is 0 Å². The highest BCUT2D eigenvalue weighted by molar-refractivity contribution is 7.18. The maximum atomic E-state index is 5.91. The Hall–Kier alpha value is -1.69. The van der Waals surface area contributed by atoms with Gasteiger partial charge in [-0.3, -0.25) is 0 Å². The van der Waals surface area contributed by atoms with E-state index in [4.69, 9.17) is 4.74 Å². The zero-order valence-electron chi connectivity index (χ0n) is 12.0. The molecule has 3 aromatic rings. The van der Waals surface area contributed by atoms with E-state index in [9.17, 15) is 0 Å². The van der Waals surface area contributed by atoms with E-state index in [0.717, 1.165) is 24.8 Å². The number of anilines is 1. The molecule has 5 heteroatoms. The number of thiazole rings is 1. The molecule has 2 aromatic heterocycles. The number of benzene rings is 1. The number of morpholine rings is 1. The summed E-state index contributed by atoms with van der Waals surface area (Å²) in [6.07, 6.45) is 2.14. The molecule has 1 unspecified atom stereocenters. The predicted molar refractivity (Wildman–Crippen MR) is 92.8 cm³/mol. The summed E-state index contributed by atoms with van der Waals surface area (Å²) >= 11 is 3.51. The topological polar surface area (TPSA) is 25.4 Å². The lowest BCUT2D eigenvalue weighted by Gasteiger charge is -2.32. The molecule has 4 rings (SSSR count). The molecule has 0 amide bonds. The zero-order chi connectivity index (χ0) is 14.8. The lowest BCUT2D eigenvalue weighted by molar-refractivity contribution is 0.0421. The first-order valence-electron chi connectivity index (χ1n) is 7.31. The van der Waals surface area contributed by atoms with Crippen LogP contribution in [0.4, 0.5) is 5.13 Å². The molecule has 0 bridgehead atoms. The second-order valence-corrected chi connectivity index (χ2v) is 7.18. The molecule has 0 spiro atoms. The first-order valence-corrected chi connectivity index (χ1v) is 9.01. The van der Waals surface area contributed by atoms with Crippen molar-refractivity contribution in [2.45, 2.75) is 6.10 Å². The van der Waals surface area contributed by atoms with Gasteiger partial charge in [0.05, 0.1) is 18.0 Å². The fourth-order valence-corrected chi connectivity index (χ4v) is 4.34. The Balaban J connectivity index is 1.53. The summed E-state index contributed by atoms with van der Waals surface area (Å²) < 4.78 is 5.91. The molecule has 1 aliphatic heterocycles. The third kappa shape index (κ3) is 2.79. The van der Waals surface area contributed by atoms with Crippen LogP contribution in [0.3, 0.4) is 0 Å². The van der Waals surface area contributed by atoms with Gasteiger partial charge in [-0.05, 0) is 17.0 Å². The first-order chi connectivity index (χ1) is 10.9. The Morgan fingerprint density at radius 1 is 1.14 bits per heavy atom. The number of hydrogen-bond donors (Lipinski definition) is 0. The molecule has 1 saturated heterocycles. The summed E-state index contributed by atoms with van der Waals surface area (Å²) in [7, 11) is 0. The smallest absolute Gasteiger partial charge is 0.186 e. The maximum Gasteiger partial charge on any atom is 0.186 e. The maximum absolute atomic E-state index is 5.91. The lowest BCUT2D eigenvalue weighted by Crippen LogP contribution is -2.38. The van der Waals surface area contributed by atoms with Crippen molar-refractivity contribution in [1.29, 1.82) is 0 Å². The molecule has 0 radical (unpaired) electrons. The Kier molecular flexibility index (Phi) is 3.93. The van der Waals surface area contributed by atoms with Crippen molar-refractivity contribution < 1.29 is 4.74 Å². The van der Waals surface area contributed by atoms with E-state index in [1.165, 1.54) is 15.3 Å². The summed E-state index contributed by atoms with van der Waals surface area (Å²) in [5.41, 5.74) is 1.23. The molecule has 1 aliphatic rings. The van der Waals surface area contributed by atoms with Gasteiger partial charge in [-0.25, -0.2) is 4.98 Å². The number of nitrogens with zero attached hydrogens (tertiary/aromatic N) is 2. The standard InChI is InChI=1S/C17H16N2OS2/c1-2-5-13(6-3-1)16-11-18-17(22-16)19-8-9-20-14(12-19)15-7-4-10-21-15/h1-7,10-11,14H,8-9,12H2. The van der Waals surface area contributed by atoms with Crippen LogP contribution >= 0.6 is 22.7 Å². The van der Waals surface area contributed by atoms with E-state index in [0.29, 0.717) is 0 Å². The number of ether oxygens (including phenoxy) is 1. The van der Waals surface area contributed by atoms with Gasteiger partial charge in [0, 0.05) is 17.6 Å². The van der Waals surface area contributed by atoms with Crippen LogP contribution in [-0.4, -0.2) is 24.7 Å². The second kappa shape index (κ2) is 6.20. The number of hydrogen-bond acceptors (Lipinski definition) is 5. The fourth-order valence-electron chi connectivity index (χ4n) is 2.62. The highest BCUT2D eigenvalue weighted by Gasteiger charge is 2.24. The van der Waals surface area contributed by atoms with Crippen molar-refractivity contribution in [1.82, 2.24) is 4.98 Å². The second-order valence-electron chi connectivity index (χ2n) is 5.19. The molecule has 3 nitrogen and oxygen atoms in total. The van der Waals surface area contributed by atoms with Gasteiger partial charge in [0.2, 0.25) is 0 Å². The van der Waals surface area contributed by atoms with Crippen molar-refractivity contribution in [3.8, 4) is 10.4 Å². The van der Waals surface area contributed by atoms with Gasteiger partial charge in [0.25, 0.3) is 0 Å². The Morgan fingerprint density at radius 2 is 2.05 bits per heavy atom. The van der Waals surface area contributed by atoms with Crippen LogP contribution in [0.1, 0.15) is 11.0 Å².